The van der Waals surface area contributed by atoms with E-state index in [1.807, 2.05) is 29.6 Å². The van der Waals surface area contributed by atoms with Crippen molar-refractivity contribution in [1.29, 1.82) is 0 Å². The van der Waals surface area contributed by atoms with Gasteiger partial charge in [-0.2, -0.15) is 5.10 Å². The maximum absolute atomic E-state index is 11.9. The summed E-state index contributed by atoms with van der Waals surface area (Å²) >= 11 is 6.24. The molecule has 0 N–H and O–H groups in total. The maximum Gasteiger partial charge on any atom is 0.409 e. The number of rotatable bonds is 3. The lowest BCUT2D eigenvalue weighted by Gasteiger charge is -2.41. The fourth-order valence-electron chi connectivity index (χ4n) is 4.73. The number of halogens is 1. The molecule has 7 heteroatoms. The number of hydrogen-bond acceptors (Lipinski definition) is 4. The third-order valence-corrected chi connectivity index (χ3v) is 6.50. The molecule has 2 saturated heterocycles. The molecule has 2 aliphatic rings. The van der Waals surface area contributed by atoms with Crippen LogP contribution in [0, 0.1) is 0 Å². The molecule has 152 valence electrons. The Morgan fingerprint density at radius 2 is 1.89 bits per heavy atom. The van der Waals surface area contributed by atoms with Gasteiger partial charge in [-0.05, 0) is 63.9 Å². The molecule has 0 aliphatic carbocycles. The zero-order valence-electron chi connectivity index (χ0n) is 16.7. The van der Waals surface area contributed by atoms with Gasteiger partial charge in [-0.25, -0.2) is 4.79 Å². The van der Waals surface area contributed by atoms with Crippen molar-refractivity contribution in [3.63, 3.8) is 0 Å². The van der Waals surface area contributed by atoms with E-state index in [-0.39, 0.29) is 6.09 Å². The third-order valence-electron chi connectivity index (χ3n) is 6.26. The quantitative estimate of drug-likeness (QED) is 0.775. The summed E-state index contributed by atoms with van der Waals surface area (Å²) in [5, 5.41) is 6.78. The predicted octanol–water partition coefficient (Wildman–Crippen LogP) is 4.03. The van der Waals surface area contributed by atoms with Crippen LogP contribution in [0.5, 0.6) is 0 Å². The van der Waals surface area contributed by atoms with Crippen LogP contribution in [0.4, 0.5) is 4.79 Å². The second-order valence-corrected chi connectivity index (χ2v) is 8.33. The van der Waals surface area contributed by atoms with Crippen LogP contribution in [-0.2, 0) is 11.8 Å². The summed E-state index contributed by atoms with van der Waals surface area (Å²) in [5.74, 6) is 0.484. The Morgan fingerprint density at radius 3 is 2.57 bits per heavy atom. The molecule has 4 rings (SSSR count). The molecule has 1 aromatic heterocycles. The fourth-order valence-corrected chi connectivity index (χ4v) is 4.91. The van der Waals surface area contributed by atoms with Crippen molar-refractivity contribution in [2.75, 3.05) is 32.8 Å². The molecule has 0 atom stereocenters. The molecule has 3 heterocycles. The SMILES string of the molecule is CCOC(=O)N1CCC(N2CCC(c3nn(C)c4ccc(Cl)cc34)CC2)CC1. The van der Waals surface area contributed by atoms with Crippen LogP contribution in [-0.4, -0.2) is 64.5 Å². The van der Waals surface area contributed by atoms with Crippen molar-refractivity contribution in [3.8, 4) is 0 Å². The Hall–Kier alpha value is -1.79. The maximum atomic E-state index is 11.9. The van der Waals surface area contributed by atoms with Crippen LogP contribution >= 0.6 is 11.6 Å². The van der Waals surface area contributed by atoms with Gasteiger partial charge in [-0.3, -0.25) is 4.68 Å². The zero-order chi connectivity index (χ0) is 19.7. The van der Waals surface area contributed by atoms with Crippen LogP contribution in [0.2, 0.25) is 5.02 Å². The minimum Gasteiger partial charge on any atom is -0.450 e. The van der Waals surface area contributed by atoms with E-state index in [4.69, 9.17) is 21.4 Å². The highest BCUT2D eigenvalue weighted by molar-refractivity contribution is 6.31. The minimum absolute atomic E-state index is 0.166. The highest BCUT2D eigenvalue weighted by atomic mass is 35.5. The summed E-state index contributed by atoms with van der Waals surface area (Å²) in [7, 11) is 2.01. The smallest absolute Gasteiger partial charge is 0.409 e. The van der Waals surface area contributed by atoms with Gasteiger partial charge >= 0.3 is 6.09 Å². The van der Waals surface area contributed by atoms with Gasteiger partial charge in [0.1, 0.15) is 0 Å². The second-order valence-electron chi connectivity index (χ2n) is 7.90. The van der Waals surface area contributed by atoms with Crippen LogP contribution in [0.15, 0.2) is 18.2 Å². The van der Waals surface area contributed by atoms with Crippen molar-refractivity contribution in [2.24, 2.45) is 7.05 Å². The lowest BCUT2D eigenvalue weighted by molar-refractivity contribution is 0.0661. The molecule has 2 aliphatic heterocycles. The molecule has 0 bridgehead atoms. The van der Waals surface area contributed by atoms with Crippen molar-refractivity contribution in [2.45, 2.75) is 44.6 Å². The van der Waals surface area contributed by atoms with E-state index in [0.717, 1.165) is 62.4 Å². The molecule has 28 heavy (non-hydrogen) atoms. The van der Waals surface area contributed by atoms with Gasteiger partial charge in [-0.15, -0.1) is 0 Å². The number of nitrogens with zero attached hydrogens (tertiary/aromatic N) is 4. The van der Waals surface area contributed by atoms with E-state index >= 15 is 0 Å². The normalized spacial score (nSPS) is 20.0. The molecule has 6 nitrogen and oxygen atoms in total. The van der Waals surface area contributed by atoms with Crippen molar-refractivity contribution >= 4 is 28.6 Å². The minimum atomic E-state index is -0.166. The summed E-state index contributed by atoms with van der Waals surface area (Å²) < 4.78 is 7.10. The molecule has 0 saturated carbocycles. The van der Waals surface area contributed by atoms with Gasteiger partial charge in [-0.1, -0.05) is 11.6 Å². The number of benzene rings is 1. The summed E-state index contributed by atoms with van der Waals surface area (Å²) in [5.41, 5.74) is 2.34. The Labute approximate surface area is 171 Å². The van der Waals surface area contributed by atoms with E-state index in [0.29, 0.717) is 18.6 Å². The monoisotopic (exact) mass is 404 g/mol. The topological polar surface area (TPSA) is 50.6 Å². The van der Waals surface area contributed by atoms with Crippen LogP contribution in [0.3, 0.4) is 0 Å². The number of fused-ring (bicyclic) bond motifs is 1. The standard InChI is InChI=1S/C21H29ClN4O2/c1-3-28-21(27)26-12-8-17(9-13-26)25-10-6-15(7-11-25)20-18-14-16(22)4-5-19(18)24(2)23-20/h4-5,14-15,17H,3,6-13H2,1-2H3. The molecule has 0 radical (unpaired) electrons. The lowest BCUT2D eigenvalue weighted by Crippen LogP contribution is -2.49. The Bertz CT molecular complexity index is 836. The Balaban J connectivity index is 1.36. The molecule has 2 aromatic rings. The van der Waals surface area contributed by atoms with Crippen molar-refractivity contribution in [3.05, 3.63) is 28.9 Å². The number of amides is 1. The first-order valence-corrected chi connectivity index (χ1v) is 10.7. The van der Waals surface area contributed by atoms with E-state index < -0.39 is 0 Å². The number of carbonyl (C=O) groups is 1. The Kier molecular flexibility index (Phi) is 5.78. The van der Waals surface area contributed by atoms with Gasteiger partial charge in [0, 0.05) is 42.5 Å². The van der Waals surface area contributed by atoms with E-state index in [9.17, 15) is 4.79 Å². The average Bonchev–Trinajstić information content (AvgIpc) is 3.04. The summed E-state index contributed by atoms with van der Waals surface area (Å²) in [6, 6.07) is 6.61. The number of carbonyl (C=O) groups excluding carboxylic acids is 1. The zero-order valence-corrected chi connectivity index (χ0v) is 17.5. The van der Waals surface area contributed by atoms with Gasteiger partial charge < -0.3 is 14.5 Å². The first-order chi connectivity index (χ1) is 13.6. The van der Waals surface area contributed by atoms with Crippen molar-refractivity contribution < 1.29 is 9.53 Å². The number of aryl methyl sites for hydroxylation is 1. The van der Waals surface area contributed by atoms with Gasteiger partial charge in [0.15, 0.2) is 0 Å². The highest BCUT2D eigenvalue weighted by Crippen LogP contribution is 2.34. The number of aromatic nitrogens is 2. The van der Waals surface area contributed by atoms with Crippen LogP contribution < -0.4 is 0 Å². The fraction of sp³-hybridized carbons (Fsp3) is 0.619. The average molecular weight is 405 g/mol. The van der Waals surface area contributed by atoms with Crippen LogP contribution in [0.25, 0.3) is 10.9 Å². The number of hydrogen-bond donors (Lipinski definition) is 0. The molecule has 0 spiro atoms. The molecular formula is C21H29ClN4O2. The first kappa shape index (κ1) is 19.5. The van der Waals surface area contributed by atoms with Gasteiger partial charge in [0.2, 0.25) is 0 Å². The van der Waals surface area contributed by atoms with Gasteiger partial charge in [0.25, 0.3) is 0 Å². The molecular weight excluding hydrogens is 376 g/mol. The van der Waals surface area contributed by atoms with E-state index in [1.54, 1.807) is 0 Å². The first-order valence-electron chi connectivity index (χ1n) is 10.3. The molecule has 0 unspecified atom stereocenters. The van der Waals surface area contributed by atoms with Crippen molar-refractivity contribution in [1.82, 2.24) is 19.6 Å². The summed E-state index contributed by atoms with van der Waals surface area (Å²) in [6.07, 6.45) is 4.14. The van der Waals surface area contributed by atoms with E-state index in [2.05, 4.69) is 17.0 Å². The summed E-state index contributed by atoms with van der Waals surface area (Å²) in [6.45, 7) is 6.08. The number of piperidine rings is 2. The molecule has 2 fully saturated rings. The largest absolute Gasteiger partial charge is 0.450 e. The van der Waals surface area contributed by atoms with E-state index in [1.165, 1.54) is 11.1 Å². The predicted molar refractivity (Wildman–Crippen MR) is 111 cm³/mol. The summed E-state index contributed by atoms with van der Waals surface area (Å²) in [4.78, 5) is 16.3. The van der Waals surface area contributed by atoms with Crippen LogP contribution in [0.1, 0.15) is 44.2 Å². The number of ether oxygens (including phenoxy) is 1. The molecule has 1 amide bonds. The second kappa shape index (κ2) is 8.29. The Morgan fingerprint density at radius 1 is 1.18 bits per heavy atom. The lowest BCUT2D eigenvalue weighted by atomic mass is 9.90. The number of likely N-dealkylation sites (tertiary alicyclic amines) is 2. The van der Waals surface area contributed by atoms with Gasteiger partial charge in [0.05, 0.1) is 17.8 Å². The molecule has 1 aromatic carbocycles. The third kappa shape index (κ3) is 3.85. The highest BCUT2D eigenvalue weighted by Gasteiger charge is 2.31.